The maximum absolute atomic E-state index is 13.0. The first-order valence-electron chi connectivity index (χ1n) is 7.91. The molecule has 1 aromatic carbocycles. The molecule has 4 heteroatoms. The summed E-state index contributed by atoms with van der Waals surface area (Å²) in [4.78, 5) is 2.63. The molecule has 21 heavy (non-hydrogen) atoms. The molecular formula is C17H28ClFN2. The van der Waals surface area contributed by atoms with Crippen LogP contribution in [-0.4, -0.2) is 37.1 Å². The van der Waals surface area contributed by atoms with Gasteiger partial charge in [0.15, 0.2) is 0 Å². The highest BCUT2D eigenvalue weighted by Gasteiger charge is 2.22. The average molecular weight is 315 g/mol. The average Bonchev–Trinajstić information content (AvgIpc) is 2.48. The van der Waals surface area contributed by atoms with E-state index in [0.29, 0.717) is 12.0 Å². The highest BCUT2D eigenvalue weighted by molar-refractivity contribution is 5.85. The fourth-order valence-corrected chi connectivity index (χ4v) is 3.13. The maximum atomic E-state index is 13.0. The van der Waals surface area contributed by atoms with Crippen molar-refractivity contribution in [2.75, 3.05) is 26.2 Å². The van der Waals surface area contributed by atoms with Gasteiger partial charge in [0.2, 0.25) is 0 Å². The van der Waals surface area contributed by atoms with Gasteiger partial charge in [0.05, 0.1) is 0 Å². The Hall–Kier alpha value is -0.640. The summed E-state index contributed by atoms with van der Waals surface area (Å²) in [6.07, 6.45) is 3.69. The molecule has 1 unspecified atom stereocenters. The van der Waals surface area contributed by atoms with E-state index >= 15 is 0 Å². The van der Waals surface area contributed by atoms with Gasteiger partial charge in [0.1, 0.15) is 5.82 Å². The van der Waals surface area contributed by atoms with Crippen molar-refractivity contribution in [3.63, 3.8) is 0 Å². The van der Waals surface area contributed by atoms with E-state index in [0.717, 1.165) is 26.2 Å². The van der Waals surface area contributed by atoms with Gasteiger partial charge >= 0.3 is 0 Å². The van der Waals surface area contributed by atoms with E-state index in [-0.39, 0.29) is 18.2 Å². The predicted octanol–water partition coefficient (Wildman–Crippen LogP) is 3.82. The van der Waals surface area contributed by atoms with E-state index < -0.39 is 0 Å². The monoisotopic (exact) mass is 314 g/mol. The van der Waals surface area contributed by atoms with Crippen molar-refractivity contribution in [1.29, 1.82) is 0 Å². The van der Waals surface area contributed by atoms with E-state index in [4.69, 9.17) is 0 Å². The SMILES string of the molecule is CCCN(CC(C)c1ccc(F)cc1)C1CCNCC1.Cl. The second kappa shape index (κ2) is 9.39. The second-order valence-corrected chi connectivity index (χ2v) is 5.93. The molecule has 1 aliphatic rings. The molecule has 1 atom stereocenters. The fourth-order valence-electron chi connectivity index (χ4n) is 3.13. The molecule has 1 heterocycles. The van der Waals surface area contributed by atoms with Gasteiger partial charge < -0.3 is 5.32 Å². The number of hydrogen-bond donors (Lipinski definition) is 1. The minimum absolute atomic E-state index is 0. The summed E-state index contributed by atoms with van der Waals surface area (Å²) in [6, 6.07) is 7.69. The van der Waals surface area contributed by atoms with Crippen LogP contribution in [0.1, 0.15) is 44.6 Å². The lowest BCUT2D eigenvalue weighted by Crippen LogP contribution is -2.44. The second-order valence-electron chi connectivity index (χ2n) is 5.93. The third-order valence-corrected chi connectivity index (χ3v) is 4.28. The molecule has 0 amide bonds. The van der Waals surface area contributed by atoms with Crippen LogP contribution in [0.15, 0.2) is 24.3 Å². The van der Waals surface area contributed by atoms with E-state index in [2.05, 4.69) is 24.1 Å². The van der Waals surface area contributed by atoms with Gasteiger partial charge in [-0.05, 0) is 62.5 Å². The standard InChI is InChI=1S/C17H27FN2.ClH/c1-3-12-20(17-8-10-19-11-9-17)13-14(2)15-4-6-16(18)7-5-15;/h4-7,14,17,19H,3,8-13H2,1-2H3;1H. The molecule has 1 aromatic rings. The van der Waals surface area contributed by atoms with Crippen molar-refractivity contribution in [2.24, 2.45) is 0 Å². The minimum atomic E-state index is -0.148. The Morgan fingerprint density at radius 1 is 1.24 bits per heavy atom. The topological polar surface area (TPSA) is 15.3 Å². The molecule has 2 rings (SSSR count). The zero-order chi connectivity index (χ0) is 14.4. The van der Waals surface area contributed by atoms with Gasteiger partial charge in [0, 0.05) is 12.6 Å². The summed E-state index contributed by atoms with van der Waals surface area (Å²) < 4.78 is 13.0. The first kappa shape index (κ1) is 18.4. The summed E-state index contributed by atoms with van der Waals surface area (Å²) in [5.41, 5.74) is 1.24. The first-order chi connectivity index (χ1) is 9.70. The minimum Gasteiger partial charge on any atom is -0.317 e. The number of nitrogens with one attached hydrogen (secondary N) is 1. The largest absolute Gasteiger partial charge is 0.317 e. The van der Waals surface area contributed by atoms with Gasteiger partial charge in [-0.3, -0.25) is 4.90 Å². The Balaban J connectivity index is 0.00000220. The molecule has 0 spiro atoms. The molecule has 2 nitrogen and oxygen atoms in total. The van der Waals surface area contributed by atoms with Crippen molar-refractivity contribution in [1.82, 2.24) is 10.2 Å². The van der Waals surface area contributed by atoms with Gasteiger partial charge in [-0.2, -0.15) is 0 Å². The summed E-state index contributed by atoms with van der Waals surface area (Å²) in [6.45, 7) is 9.00. The first-order valence-corrected chi connectivity index (χ1v) is 7.91. The number of hydrogen-bond acceptors (Lipinski definition) is 2. The lowest BCUT2D eigenvalue weighted by atomic mass is 9.97. The van der Waals surface area contributed by atoms with Crippen molar-refractivity contribution in [3.8, 4) is 0 Å². The number of piperidine rings is 1. The molecule has 0 aliphatic carbocycles. The molecular weight excluding hydrogens is 287 g/mol. The van der Waals surface area contributed by atoms with Gasteiger partial charge in [-0.1, -0.05) is 26.0 Å². The lowest BCUT2D eigenvalue weighted by molar-refractivity contribution is 0.155. The van der Waals surface area contributed by atoms with Crippen LogP contribution < -0.4 is 5.32 Å². The van der Waals surface area contributed by atoms with E-state index in [1.54, 1.807) is 12.1 Å². The van der Waals surface area contributed by atoms with Crippen molar-refractivity contribution in [3.05, 3.63) is 35.6 Å². The summed E-state index contributed by atoms with van der Waals surface area (Å²) in [5, 5.41) is 3.43. The van der Waals surface area contributed by atoms with Crippen LogP contribution in [-0.2, 0) is 0 Å². The third kappa shape index (κ3) is 5.57. The van der Waals surface area contributed by atoms with Crippen LogP contribution in [0.3, 0.4) is 0 Å². The highest BCUT2D eigenvalue weighted by atomic mass is 35.5. The molecule has 1 fully saturated rings. The van der Waals surface area contributed by atoms with Gasteiger partial charge in [-0.15, -0.1) is 12.4 Å². The van der Waals surface area contributed by atoms with Crippen molar-refractivity contribution < 1.29 is 4.39 Å². The molecule has 1 N–H and O–H groups in total. The molecule has 0 radical (unpaired) electrons. The maximum Gasteiger partial charge on any atom is 0.123 e. The Morgan fingerprint density at radius 3 is 2.43 bits per heavy atom. The molecule has 0 saturated carbocycles. The number of benzene rings is 1. The van der Waals surface area contributed by atoms with Crippen LogP contribution >= 0.6 is 12.4 Å². The fraction of sp³-hybridized carbons (Fsp3) is 0.647. The van der Waals surface area contributed by atoms with Crippen LogP contribution in [0.2, 0.25) is 0 Å². The molecule has 1 aliphatic heterocycles. The zero-order valence-electron chi connectivity index (χ0n) is 13.1. The van der Waals surface area contributed by atoms with Crippen LogP contribution in [0, 0.1) is 5.82 Å². The molecule has 0 bridgehead atoms. The lowest BCUT2D eigenvalue weighted by Gasteiger charge is -2.36. The molecule has 1 saturated heterocycles. The molecule has 120 valence electrons. The Bertz CT molecular complexity index is 390. The summed E-state index contributed by atoms with van der Waals surface area (Å²) in [5.74, 6) is 0.307. The normalized spacial score (nSPS) is 17.5. The summed E-state index contributed by atoms with van der Waals surface area (Å²) >= 11 is 0. The zero-order valence-corrected chi connectivity index (χ0v) is 14.0. The smallest absolute Gasteiger partial charge is 0.123 e. The Kier molecular flexibility index (Phi) is 8.23. The summed E-state index contributed by atoms with van der Waals surface area (Å²) in [7, 11) is 0. The van der Waals surface area contributed by atoms with Crippen LogP contribution in [0.25, 0.3) is 0 Å². The van der Waals surface area contributed by atoms with Crippen molar-refractivity contribution >= 4 is 12.4 Å². The quantitative estimate of drug-likeness (QED) is 0.859. The Labute approximate surface area is 134 Å². The number of nitrogens with zero attached hydrogens (tertiary/aromatic N) is 1. The number of halogens is 2. The van der Waals surface area contributed by atoms with E-state index in [9.17, 15) is 4.39 Å². The highest BCUT2D eigenvalue weighted by Crippen LogP contribution is 2.21. The number of rotatable bonds is 6. The van der Waals surface area contributed by atoms with Gasteiger partial charge in [0.25, 0.3) is 0 Å². The molecule has 0 aromatic heterocycles. The van der Waals surface area contributed by atoms with E-state index in [1.165, 1.54) is 24.8 Å². The predicted molar refractivity (Wildman–Crippen MR) is 89.8 cm³/mol. The Morgan fingerprint density at radius 2 is 1.86 bits per heavy atom. The third-order valence-electron chi connectivity index (χ3n) is 4.28. The van der Waals surface area contributed by atoms with Gasteiger partial charge in [-0.25, -0.2) is 4.39 Å². The van der Waals surface area contributed by atoms with Crippen molar-refractivity contribution in [2.45, 2.75) is 45.1 Å². The van der Waals surface area contributed by atoms with E-state index in [1.807, 2.05) is 12.1 Å². The van der Waals surface area contributed by atoms with Crippen LogP contribution in [0.5, 0.6) is 0 Å². The van der Waals surface area contributed by atoms with Crippen LogP contribution in [0.4, 0.5) is 4.39 Å².